The SMILES string of the molecule is N=C(N)ON1CCN(Cc2ccccc2)CC1. The zero-order valence-electron chi connectivity index (χ0n) is 9.80. The van der Waals surface area contributed by atoms with E-state index >= 15 is 0 Å². The second-order valence-corrected chi connectivity index (χ2v) is 4.15. The van der Waals surface area contributed by atoms with Gasteiger partial charge in [0.2, 0.25) is 0 Å². The van der Waals surface area contributed by atoms with Gasteiger partial charge in [0, 0.05) is 32.7 Å². The lowest BCUT2D eigenvalue weighted by Crippen LogP contribution is -2.47. The van der Waals surface area contributed by atoms with E-state index in [0.29, 0.717) is 0 Å². The first-order chi connectivity index (χ1) is 8.24. The minimum Gasteiger partial charge on any atom is -0.368 e. The molecule has 0 amide bonds. The number of piperazine rings is 1. The van der Waals surface area contributed by atoms with E-state index in [2.05, 4.69) is 29.2 Å². The molecule has 2 rings (SSSR count). The highest BCUT2D eigenvalue weighted by Gasteiger charge is 2.18. The summed E-state index contributed by atoms with van der Waals surface area (Å²) in [6, 6.07) is 10.2. The molecule has 1 aliphatic rings. The molecule has 1 heterocycles. The van der Waals surface area contributed by atoms with Gasteiger partial charge in [-0.1, -0.05) is 30.3 Å². The molecule has 1 fully saturated rings. The summed E-state index contributed by atoms with van der Waals surface area (Å²) in [6.07, 6.45) is 0. The Labute approximate surface area is 101 Å². The van der Waals surface area contributed by atoms with Gasteiger partial charge in [-0.3, -0.25) is 10.3 Å². The van der Waals surface area contributed by atoms with E-state index in [4.69, 9.17) is 16.0 Å². The highest BCUT2D eigenvalue weighted by Crippen LogP contribution is 2.08. The van der Waals surface area contributed by atoms with Crippen LogP contribution < -0.4 is 5.73 Å². The monoisotopic (exact) mass is 234 g/mol. The van der Waals surface area contributed by atoms with Gasteiger partial charge in [-0.25, -0.2) is 0 Å². The number of nitrogens with one attached hydrogen (secondary N) is 1. The van der Waals surface area contributed by atoms with Crippen LogP contribution in [0.1, 0.15) is 5.56 Å². The molecule has 5 nitrogen and oxygen atoms in total. The van der Waals surface area contributed by atoms with E-state index in [1.54, 1.807) is 5.06 Å². The van der Waals surface area contributed by atoms with Crippen molar-refractivity contribution in [3.63, 3.8) is 0 Å². The smallest absolute Gasteiger partial charge is 0.299 e. The fourth-order valence-corrected chi connectivity index (χ4v) is 1.96. The summed E-state index contributed by atoms with van der Waals surface area (Å²) >= 11 is 0. The molecule has 0 bridgehead atoms. The van der Waals surface area contributed by atoms with Crippen LogP contribution in [-0.2, 0) is 11.4 Å². The summed E-state index contributed by atoms with van der Waals surface area (Å²) in [6.45, 7) is 4.40. The maximum Gasteiger partial charge on any atom is 0.299 e. The van der Waals surface area contributed by atoms with Gasteiger partial charge in [0.1, 0.15) is 0 Å². The molecule has 1 saturated heterocycles. The number of benzene rings is 1. The zero-order chi connectivity index (χ0) is 12.1. The van der Waals surface area contributed by atoms with Crippen molar-refractivity contribution in [2.24, 2.45) is 5.73 Å². The van der Waals surface area contributed by atoms with Gasteiger partial charge in [0.25, 0.3) is 6.02 Å². The van der Waals surface area contributed by atoms with Crippen molar-refractivity contribution in [2.75, 3.05) is 26.2 Å². The van der Waals surface area contributed by atoms with Crippen LogP contribution in [0.4, 0.5) is 0 Å². The Hall–Kier alpha value is -1.59. The highest BCUT2D eigenvalue weighted by molar-refractivity contribution is 5.67. The van der Waals surface area contributed by atoms with Crippen molar-refractivity contribution >= 4 is 6.02 Å². The highest BCUT2D eigenvalue weighted by atomic mass is 16.7. The third kappa shape index (κ3) is 3.72. The Kier molecular flexibility index (Phi) is 3.95. The molecule has 0 spiro atoms. The molecule has 0 atom stereocenters. The minimum absolute atomic E-state index is 0.235. The lowest BCUT2D eigenvalue weighted by atomic mass is 10.2. The van der Waals surface area contributed by atoms with E-state index in [0.717, 1.165) is 32.7 Å². The van der Waals surface area contributed by atoms with Crippen LogP contribution in [-0.4, -0.2) is 42.2 Å². The molecule has 0 aromatic heterocycles. The fourth-order valence-electron chi connectivity index (χ4n) is 1.96. The van der Waals surface area contributed by atoms with Crippen LogP contribution in [0, 0.1) is 5.41 Å². The van der Waals surface area contributed by atoms with Crippen LogP contribution in [0.3, 0.4) is 0 Å². The predicted octanol–water partition coefficient (Wildman–Crippen LogP) is 0.629. The molecule has 1 aliphatic heterocycles. The summed E-state index contributed by atoms with van der Waals surface area (Å²) in [5.41, 5.74) is 6.51. The summed E-state index contributed by atoms with van der Waals surface area (Å²) < 4.78 is 0. The second kappa shape index (κ2) is 5.65. The maximum absolute atomic E-state index is 7.06. The normalized spacial score (nSPS) is 17.9. The number of hydrogen-bond donors (Lipinski definition) is 2. The van der Waals surface area contributed by atoms with Crippen LogP contribution in [0.2, 0.25) is 0 Å². The Balaban J connectivity index is 1.78. The minimum atomic E-state index is -0.235. The average molecular weight is 234 g/mol. The van der Waals surface area contributed by atoms with E-state index in [1.165, 1.54) is 5.56 Å². The van der Waals surface area contributed by atoms with Crippen molar-refractivity contribution < 1.29 is 4.84 Å². The molecular formula is C12H18N4O. The Morgan fingerprint density at radius 1 is 1.18 bits per heavy atom. The van der Waals surface area contributed by atoms with Crippen molar-refractivity contribution in [3.05, 3.63) is 35.9 Å². The van der Waals surface area contributed by atoms with Crippen LogP contribution in [0.5, 0.6) is 0 Å². The van der Waals surface area contributed by atoms with Crippen molar-refractivity contribution in [1.29, 1.82) is 5.41 Å². The Morgan fingerprint density at radius 3 is 2.41 bits per heavy atom. The van der Waals surface area contributed by atoms with Gasteiger partial charge in [-0.05, 0) is 5.56 Å². The number of nitrogens with two attached hydrogens (primary N) is 1. The number of hydrogen-bond acceptors (Lipinski definition) is 4. The summed E-state index contributed by atoms with van der Waals surface area (Å²) in [4.78, 5) is 7.43. The average Bonchev–Trinajstić information content (AvgIpc) is 2.32. The van der Waals surface area contributed by atoms with Gasteiger partial charge in [0.05, 0.1) is 0 Å². The molecule has 0 unspecified atom stereocenters. The number of amidine groups is 1. The quantitative estimate of drug-likeness (QED) is 0.594. The molecule has 0 saturated carbocycles. The lowest BCUT2D eigenvalue weighted by Gasteiger charge is -2.33. The summed E-state index contributed by atoms with van der Waals surface area (Å²) in [5, 5.41) is 8.80. The first kappa shape index (κ1) is 11.9. The number of rotatable bonds is 3. The topological polar surface area (TPSA) is 65.6 Å². The standard InChI is InChI=1S/C12H18N4O/c13-12(14)17-16-8-6-15(7-9-16)10-11-4-2-1-3-5-11/h1-5H,6-10H2,(H3,13,14). The molecule has 0 radical (unpaired) electrons. The van der Waals surface area contributed by atoms with E-state index < -0.39 is 0 Å². The van der Waals surface area contributed by atoms with Crippen LogP contribution in [0.25, 0.3) is 0 Å². The zero-order valence-corrected chi connectivity index (χ0v) is 9.80. The molecular weight excluding hydrogens is 216 g/mol. The van der Waals surface area contributed by atoms with E-state index in [-0.39, 0.29) is 6.02 Å². The molecule has 17 heavy (non-hydrogen) atoms. The first-order valence-corrected chi connectivity index (χ1v) is 5.77. The van der Waals surface area contributed by atoms with Gasteiger partial charge in [-0.15, -0.1) is 5.06 Å². The number of hydroxylamine groups is 2. The van der Waals surface area contributed by atoms with E-state index in [9.17, 15) is 0 Å². The third-order valence-corrected chi connectivity index (χ3v) is 2.81. The van der Waals surface area contributed by atoms with E-state index in [1.807, 2.05) is 6.07 Å². The summed E-state index contributed by atoms with van der Waals surface area (Å²) in [7, 11) is 0. The van der Waals surface area contributed by atoms with Gasteiger partial charge >= 0.3 is 0 Å². The van der Waals surface area contributed by atoms with Gasteiger partial charge in [-0.2, -0.15) is 0 Å². The molecule has 5 heteroatoms. The number of nitrogens with zero attached hydrogens (tertiary/aromatic N) is 2. The van der Waals surface area contributed by atoms with Gasteiger partial charge in [0.15, 0.2) is 0 Å². The first-order valence-electron chi connectivity index (χ1n) is 5.77. The van der Waals surface area contributed by atoms with Crippen molar-refractivity contribution in [2.45, 2.75) is 6.54 Å². The largest absolute Gasteiger partial charge is 0.368 e. The van der Waals surface area contributed by atoms with Gasteiger partial charge < -0.3 is 10.6 Å². The lowest BCUT2D eigenvalue weighted by molar-refractivity contribution is -0.104. The summed E-state index contributed by atoms with van der Waals surface area (Å²) in [5.74, 6) is 0. The van der Waals surface area contributed by atoms with Crippen LogP contribution in [0.15, 0.2) is 30.3 Å². The molecule has 0 aliphatic carbocycles. The Morgan fingerprint density at radius 2 is 1.82 bits per heavy atom. The van der Waals surface area contributed by atoms with Crippen LogP contribution >= 0.6 is 0 Å². The second-order valence-electron chi connectivity index (χ2n) is 4.15. The third-order valence-electron chi connectivity index (χ3n) is 2.81. The predicted molar refractivity (Wildman–Crippen MR) is 66.3 cm³/mol. The Bertz CT molecular complexity index is 360. The maximum atomic E-state index is 7.06. The molecule has 92 valence electrons. The van der Waals surface area contributed by atoms with Crippen molar-refractivity contribution in [1.82, 2.24) is 9.96 Å². The molecule has 1 aromatic rings. The fraction of sp³-hybridized carbons (Fsp3) is 0.417. The van der Waals surface area contributed by atoms with Crippen molar-refractivity contribution in [3.8, 4) is 0 Å². The molecule has 1 aromatic carbocycles. The molecule has 3 N–H and O–H groups in total.